The molecule has 3 heteroatoms. The number of hydrogen-bond donors (Lipinski definition) is 0. The SMILES string of the molecule is [CH2]C(CCCOC)OC=O. The Hall–Kier alpha value is -0.570. The largest absolute Gasteiger partial charge is 0.465 e. The van der Waals surface area contributed by atoms with Crippen LogP contribution in [0.5, 0.6) is 0 Å². The molecule has 0 aromatic rings. The smallest absolute Gasteiger partial charge is 0.293 e. The van der Waals surface area contributed by atoms with Gasteiger partial charge in [0.1, 0.15) is 6.10 Å². The van der Waals surface area contributed by atoms with Gasteiger partial charge in [0.25, 0.3) is 6.47 Å². The van der Waals surface area contributed by atoms with Gasteiger partial charge in [-0.15, -0.1) is 0 Å². The van der Waals surface area contributed by atoms with E-state index in [1.165, 1.54) is 0 Å². The van der Waals surface area contributed by atoms with Crippen molar-refractivity contribution < 1.29 is 14.3 Å². The van der Waals surface area contributed by atoms with Crippen molar-refractivity contribution in [3.05, 3.63) is 6.92 Å². The summed E-state index contributed by atoms with van der Waals surface area (Å²) in [4.78, 5) is 9.75. The molecule has 0 fully saturated rings. The average molecular weight is 145 g/mol. The Morgan fingerprint density at radius 2 is 2.40 bits per heavy atom. The molecule has 0 aromatic heterocycles. The Bertz CT molecular complexity index is 82.9. The molecule has 10 heavy (non-hydrogen) atoms. The van der Waals surface area contributed by atoms with Gasteiger partial charge >= 0.3 is 0 Å². The Morgan fingerprint density at radius 1 is 1.70 bits per heavy atom. The highest BCUT2D eigenvalue weighted by atomic mass is 16.5. The minimum absolute atomic E-state index is 0.229. The molecule has 1 unspecified atom stereocenters. The van der Waals surface area contributed by atoms with Crippen molar-refractivity contribution in [2.24, 2.45) is 0 Å². The van der Waals surface area contributed by atoms with Crippen LogP contribution in [0.2, 0.25) is 0 Å². The summed E-state index contributed by atoms with van der Waals surface area (Å²) in [5, 5.41) is 0. The van der Waals surface area contributed by atoms with E-state index in [9.17, 15) is 4.79 Å². The molecule has 0 aliphatic rings. The number of carbonyl (C=O) groups is 1. The fourth-order valence-electron chi connectivity index (χ4n) is 0.602. The highest BCUT2D eigenvalue weighted by Gasteiger charge is 1.99. The predicted molar refractivity (Wildman–Crippen MR) is 37.4 cm³/mol. The second-order valence-corrected chi connectivity index (χ2v) is 1.99. The van der Waals surface area contributed by atoms with Crippen LogP contribution in [0.1, 0.15) is 12.8 Å². The molecule has 3 nitrogen and oxygen atoms in total. The van der Waals surface area contributed by atoms with Gasteiger partial charge in [-0.25, -0.2) is 0 Å². The molecule has 1 atom stereocenters. The number of ether oxygens (including phenoxy) is 2. The number of hydrogen-bond acceptors (Lipinski definition) is 3. The zero-order chi connectivity index (χ0) is 7.82. The van der Waals surface area contributed by atoms with Gasteiger partial charge in [-0.1, -0.05) is 0 Å². The molecule has 0 saturated heterocycles. The van der Waals surface area contributed by atoms with Crippen molar-refractivity contribution in [2.45, 2.75) is 18.9 Å². The average Bonchev–Trinajstić information content (AvgIpc) is 1.89. The van der Waals surface area contributed by atoms with E-state index in [0.717, 1.165) is 12.8 Å². The molecule has 0 N–H and O–H groups in total. The first-order valence-corrected chi connectivity index (χ1v) is 3.22. The minimum atomic E-state index is -0.229. The van der Waals surface area contributed by atoms with Crippen LogP contribution in [0.3, 0.4) is 0 Å². The molecule has 0 saturated carbocycles. The molecular formula is C7H13O3. The second kappa shape index (κ2) is 6.55. The summed E-state index contributed by atoms with van der Waals surface area (Å²) in [6, 6.07) is 0. The Kier molecular flexibility index (Phi) is 6.18. The first-order valence-electron chi connectivity index (χ1n) is 3.22. The summed E-state index contributed by atoms with van der Waals surface area (Å²) in [5.41, 5.74) is 0. The third-order valence-electron chi connectivity index (χ3n) is 1.12. The van der Waals surface area contributed by atoms with Gasteiger partial charge in [0, 0.05) is 13.7 Å². The van der Waals surface area contributed by atoms with E-state index in [4.69, 9.17) is 4.74 Å². The zero-order valence-corrected chi connectivity index (χ0v) is 6.21. The molecule has 0 amide bonds. The molecule has 0 aliphatic carbocycles. The van der Waals surface area contributed by atoms with Crippen molar-refractivity contribution in [1.82, 2.24) is 0 Å². The molecule has 0 spiro atoms. The summed E-state index contributed by atoms with van der Waals surface area (Å²) in [6.45, 7) is 4.70. The van der Waals surface area contributed by atoms with Crippen LogP contribution in [-0.2, 0) is 14.3 Å². The van der Waals surface area contributed by atoms with Gasteiger partial charge in [0.05, 0.1) is 0 Å². The van der Waals surface area contributed by atoms with E-state index < -0.39 is 0 Å². The maximum absolute atomic E-state index is 9.75. The lowest BCUT2D eigenvalue weighted by atomic mass is 10.2. The topological polar surface area (TPSA) is 35.5 Å². The third-order valence-corrected chi connectivity index (χ3v) is 1.12. The Balaban J connectivity index is 3.04. The van der Waals surface area contributed by atoms with Crippen molar-refractivity contribution in [2.75, 3.05) is 13.7 Å². The fourth-order valence-corrected chi connectivity index (χ4v) is 0.602. The van der Waals surface area contributed by atoms with E-state index >= 15 is 0 Å². The van der Waals surface area contributed by atoms with E-state index in [1.54, 1.807) is 7.11 Å². The Labute approximate surface area is 61.3 Å². The molecule has 59 valence electrons. The van der Waals surface area contributed by atoms with Crippen LogP contribution in [0.25, 0.3) is 0 Å². The lowest BCUT2D eigenvalue weighted by Gasteiger charge is -2.07. The summed E-state index contributed by atoms with van der Waals surface area (Å²) in [5.74, 6) is 0. The van der Waals surface area contributed by atoms with Crippen LogP contribution in [0.4, 0.5) is 0 Å². The van der Waals surface area contributed by atoms with Crippen molar-refractivity contribution in [3.63, 3.8) is 0 Å². The van der Waals surface area contributed by atoms with Crippen LogP contribution < -0.4 is 0 Å². The highest BCUT2D eigenvalue weighted by molar-refractivity contribution is 5.37. The van der Waals surface area contributed by atoms with Crippen molar-refractivity contribution in [1.29, 1.82) is 0 Å². The first kappa shape index (κ1) is 9.43. The summed E-state index contributed by atoms with van der Waals surface area (Å²) in [7, 11) is 1.64. The molecule has 1 radical (unpaired) electrons. The minimum Gasteiger partial charge on any atom is -0.465 e. The van der Waals surface area contributed by atoms with Crippen LogP contribution >= 0.6 is 0 Å². The van der Waals surface area contributed by atoms with Crippen LogP contribution in [0.15, 0.2) is 0 Å². The van der Waals surface area contributed by atoms with E-state index in [2.05, 4.69) is 11.7 Å². The van der Waals surface area contributed by atoms with Gasteiger partial charge in [0.2, 0.25) is 0 Å². The third kappa shape index (κ3) is 5.56. The van der Waals surface area contributed by atoms with E-state index in [-0.39, 0.29) is 6.10 Å². The van der Waals surface area contributed by atoms with Gasteiger partial charge < -0.3 is 9.47 Å². The lowest BCUT2D eigenvalue weighted by Crippen LogP contribution is -2.07. The van der Waals surface area contributed by atoms with Gasteiger partial charge in [-0.3, -0.25) is 4.79 Å². The quantitative estimate of drug-likeness (QED) is 0.409. The maximum Gasteiger partial charge on any atom is 0.293 e. The maximum atomic E-state index is 9.75. The van der Waals surface area contributed by atoms with Crippen molar-refractivity contribution in [3.8, 4) is 0 Å². The molecule has 0 heterocycles. The molecule has 0 rings (SSSR count). The molecular weight excluding hydrogens is 132 g/mol. The second-order valence-electron chi connectivity index (χ2n) is 1.99. The number of methoxy groups -OCH3 is 1. The normalized spacial score (nSPS) is 12.6. The van der Waals surface area contributed by atoms with Crippen molar-refractivity contribution >= 4 is 6.47 Å². The fraction of sp³-hybridized carbons (Fsp3) is 0.714. The summed E-state index contributed by atoms with van der Waals surface area (Å²) in [6.07, 6.45) is 1.40. The first-order chi connectivity index (χ1) is 4.81. The van der Waals surface area contributed by atoms with Gasteiger partial charge in [0.15, 0.2) is 0 Å². The van der Waals surface area contributed by atoms with E-state index in [0.29, 0.717) is 13.1 Å². The lowest BCUT2D eigenvalue weighted by molar-refractivity contribution is -0.132. The monoisotopic (exact) mass is 145 g/mol. The Morgan fingerprint density at radius 3 is 2.90 bits per heavy atom. The molecule has 0 bridgehead atoms. The summed E-state index contributed by atoms with van der Waals surface area (Å²) < 4.78 is 9.34. The highest BCUT2D eigenvalue weighted by Crippen LogP contribution is 1.98. The van der Waals surface area contributed by atoms with Gasteiger partial charge in [-0.2, -0.15) is 0 Å². The van der Waals surface area contributed by atoms with Crippen LogP contribution in [-0.4, -0.2) is 26.3 Å². The standard InChI is InChI=1S/C7H13O3/c1-7(10-6-8)4-3-5-9-2/h6-7H,1,3-5H2,2H3. The van der Waals surface area contributed by atoms with E-state index in [1.807, 2.05) is 0 Å². The number of rotatable bonds is 6. The van der Waals surface area contributed by atoms with Gasteiger partial charge in [-0.05, 0) is 19.8 Å². The molecule has 0 aromatic carbocycles. The van der Waals surface area contributed by atoms with Crippen LogP contribution in [0, 0.1) is 6.92 Å². The predicted octanol–water partition coefficient (Wildman–Crippen LogP) is 0.789. The summed E-state index contributed by atoms with van der Waals surface area (Å²) >= 11 is 0. The molecule has 0 aliphatic heterocycles. The zero-order valence-electron chi connectivity index (χ0n) is 6.21. The number of carbonyl (C=O) groups excluding carboxylic acids is 1.